The van der Waals surface area contributed by atoms with Gasteiger partial charge in [0.2, 0.25) is 0 Å². The molecule has 11 rings (SSSR count). The lowest BCUT2D eigenvalue weighted by Gasteiger charge is -2.31. The van der Waals surface area contributed by atoms with Crippen molar-refractivity contribution in [1.29, 1.82) is 0 Å². The van der Waals surface area contributed by atoms with Crippen molar-refractivity contribution in [2.75, 3.05) is 4.90 Å². The van der Waals surface area contributed by atoms with Gasteiger partial charge in [-0.25, -0.2) is 0 Å². The molecule has 0 saturated heterocycles. The number of benzene rings is 8. The summed E-state index contributed by atoms with van der Waals surface area (Å²) in [5, 5.41) is 4.81. The molecular weight excluding hydrogens is 687 g/mol. The molecule has 0 unspecified atom stereocenters. The average Bonchev–Trinajstić information content (AvgIpc) is 3.86. The van der Waals surface area contributed by atoms with Crippen molar-refractivity contribution in [2.45, 2.75) is 26.2 Å². The highest BCUT2D eigenvalue weighted by Crippen LogP contribution is 2.53. The topological polar surface area (TPSA) is 16.4 Å². The molecule has 10 aromatic rings. The van der Waals surface area contributed by atoms with Crippen LogP contribution in [-0.2, 0) is 5.41 Å². The Morgan fingerprint density at radius 2 is 1.16 bits per heavy atom. The van der Waals surface area contributed by atoms with Gasteiger partial charge in [-0.15, -0.1) is 11.3 Å². The lowest BCUT2D eigenvalue weighted by molar-refractivity contribution is 0.660. The van der Waals surface area contributed by atoms with Crippen LogP contribution >= 0.6 is 11.3 Å². The van der Waals surface area contributed by atoms with E-state index >= 15 is 0 Å². The van der Waals surface area contributed by atoms with E-state index in [1.807, 2.05) is 17.4 Å². The molecule has 0 N–H and O–H groups in total. The molecular formula is C52H37NOS. The summed E-state index contributed by atoms with van der Waals surface area (Å²) in [6.45, 7) is 6.91. The summed E-state index contributed by atoms with van der Waals surface area (Å²) in [6, 6.07) is 62.5. The summed E-state index contributed by atoms with van der Waals surface area (Å²) in [4.78, 5) is 2.49. The molecule has 8 aromatic carbocycles. The van der Waals surface area contributed by atoms with Crippen molar-refractivity contribution >= 4 is 70.5 Å². The number of hydrogen-bond donors (Lipinski definition) is 0. The van der Waals surface area contributed by atoms with Crippen LogP contribution in [0.2, 0.25) is 0 Å². The van der Waals surface area contributed by atoms with Crippen molar-refractivity contribution in [1.82, 2.24) is 0 Å². The first-order valence-electron chi connectivity index (χ1n) is 19.0. The van der Waals surface area contributed by atoms with Crippen molar-refractivity contribution in [3.05, 3.63) is 187 Å². The quantitative estimate of drug-likeness (QED) is 0.176. The van der Waals surface area contributed by atoms with Crippen LogP contribution in [0.3, 0.4) is 0 Å². The van der Waals surface area contributed by atoms with Gasteiger partial charge >= 0.3 is 0 Å². The predicted molar refractivity (Wildman–Crippen MR) is 234 cm³/mol. The number of fused-ring (bicyclic) bond motifs is 9. The van der Waals surface area contributed by atoms with Gasteiger partial charge in [0, 0.05) is 53.3 Å². The normalized spacial score (nSPS) is 13.1. The molecule has 0 saturated carbocycles. The first-order valence-corrected chi connectivity index (χ1v) is 19.8. The van der Waals surface area contributed by atoms with Crippen LogP contribution in [-0.4, -0.2) is 0 Å². The Labute approximate surface area is 324 Å². The second kappa shape index (κ2) is 12.0. The summed E-state index contributed by atoms with van der Waals surface area (Å²) in [7, 11) is 0. The van der Waals surface area contributed by atoms with Gasteiger partial charge in [0.25, 0.3) is 0 Å². The number of anilines is 3. The molecule has 0 spiro atoms. The summed E-state index contributed by atoms with van der Waals surface area (Å²) >= 11 is 1.87. The second-order valence-corrected chi connectivity index (χ2v) is 16.4. The fourth-order valence-corrected chi connectivity index (χ4v) is 10.3. The van der Waals surface area contributed by atoms with Crippen molar-refractivity contribution in [2.24, 2.45) is 0 Å². The molecule has 2 aromatic heterocycles. The Morgan fingerprint density at radius 1 is 0.491 bits per heavy atom. The summed E-state index contributed by atoms with van der Waals surface area (Å²) in [6.07, 6.45) is 0. The standard InChI is InChI=1S/C52H37NOS/c1-32-13-10-14-33(29-32)36-18-11-21-45(50(36)41-19-12-24-49-51(41)40-17-6-9-23-48(40)55-49)53(34-26-28-47-42(30-34)39-16-5-8-22-46(39)54-47)35-25-27-38-37-15-4-7-20-43(37)52(2,3)44(38)31-35/h4-31H,1-3H3. The predicted octanol–water partition coefficient (Wildman–Crippen LogP) is 15.4. The van der Waals surface area contributed by atoms with E-state index in [9.17, 15) is 0 Å². The van der Waals surface area contributed by atoms with E-state index in [-0.39, 0.29) is 5.41 Å². The zero-order valence-corrected chi connectivity index (χ0v) is 31.7. The molecule has 1 aliphatic rings. The number of rotatable bonds is 5. The van der Waals surface area contributed by atoms with Crippen LogP contribution < -0.4 is 4.90 Å². The van der Waals surface area contributed by atoms with Crippen LogP contribution in [0.4, 0.5) is 17.1 Å². The van der Waals surface area contributed by atoms with Crippen molar-refractivity contribution in [3.63, 3.8) is 0 Å². The highest BCUT2D eigenvalue weighted by molar-refractivity contribution is 7.25. The monoisotopic (exact) mass is 723 g/mol. The van der Waals surface area contributed by atoms with E-state index < -0.39 is 0 Å². The van der Waals surface area contributed by atoms with Gasteiger partial charge in [-0.2, -0.15) is 0 Å². The molecule has 0 amide bonds. The van der Waals surface area contributed by atoms with E-state index in [1.54, 1.807) is 0 Å². The molecule has 2 heterocycles. The van der Waals surface area contributed by atoms with Gasteiger partial charge in [0.05, 0.1) is 5.69 Å². The number of hydrogen-bond acceptors (Lipinski definition) is 3. The molecule has 55 heavy (non-hydrogen) atoms. The van der Waals surface area contributed by atoms with Crippen LogP contribution in [0.1, 0.15) is 30.5 Å². The smallest absolute Gasteiger partial charge is 0.135 e. The molecule has 3 heteroatoms. The van der Waals surface area contributed by atoms with E-state index in [2.05, 4.69) is 189 Å². The number of furan rings is 1. The Bertz CT molecular complexity index is 3160. The third-order valence-electron chi connectivity index (χ3n) is 11.7. The SMILES string of the molecule is Cc1cccc(-c2cccc(N(c3ccc4c(c3)C(C)(C)c3ccccc3-4)c3ccc4oc5ccccc5c4c3)c2-c2cccc3sc4ccccc4c23)c1. The molecule has 0 aliphatic heterocycles. The molecule has 0 bridgehead atoms. The van der Waals surface area contributed by atoms with E-state index in [0.717, 1.165) is 39.0 Å². The maximum absolute atomic E-state index is 6.37. The van der Waals surface area contributed by atoms with Gasteiger partial charge in [-0.1, -0.05) is 135 Å². The Balaban J connectivity index is 1.25. The van der Waals surface area contributed by atoms with Gasteiger partial charge in [0.1, 0.15) is 11.2 Å². The van der Waals surface area contributed by atoms with Gasteiger partial charge in [-0.05, 0) is 100 Å². The summed E-state index contributed by atoms with van der Waals surface area (Å²) in [5.41, 5.74) is 16.4. The average molecular weight is 724 g/mol. The number of thiophene rings is 1. The van der Waals surface area contributed by atoms with Gasteiger partial charge < -0.3 is 9.32 Å². The third-order valence-corrected chi connectivity index (χ3v) is 12.9. The Kier molecular flexibility index (Phi) is 7.02. The van der Waals surface area contributed by atoms with Crippen molar-refractivity contribution < 1.29 is 4.42 Å². The second-order valence-electron chi connectivity index (χ2n) is 15.4. The molecule has 0 radical (unpaired) electrons. The fraction of sp³-hybridized carbons (Fsp3) is 0.0769. The zero-order valence-electron chi connectivity index (χ0n) is 30.9. The maximum Gasteiger partial charge on any atom is 0.135 e. The first-order chi connectivity index (χ1) is 26.9. The minimum atomic E-state index is -0.147. The van der Waals surface area contributed by atoms with Gasteiger partial charge in [-0.3, -0.25) is 0 Å². The van der Waals surface area contributed by atoms with Crippen LogP contribution in [0.15, 0.2) is 174 Å². The Morgan fingerprint density at radius 3 is 2.07 bits per heavy atom. The number of aryl methyl sites for hydroxylation is 1. The Hall–Kier alpha value is -6.42. The summed E-state index contributed by atoms with van der Waals surface area (Å²) < 4.78 is 8.96. The number of nitrogens with zero attached hydrogens (tertiary/aromatic N) is 1. The third kappa shape index (κ3) is 4.86. The fourth-order valence-electron chi connectivity index (χ4n) is 9.16. The van der Waals surface area contributed by atoms with Crippen LogP contribution in [0.25, 0.3) is 75.5 Å². The maximum atomic E-state index is 6.37. The molecule has 2 nitrogen and oxygen atoms in total. The van der Waals surface area contributed by atoms with E-state index in [1.165, 1.54) is 70.2 Å². The molecule has 1 aliphatic carbocycles. The van der Waals surface area contributed by atoms with Crippen molar-refractivity contribution in [3.8, 4) is 33.4 Å². The lowest BCUT2D eigenvalue weighted by atomic mass is 9.82. The molecule has 0 atom stereocenters. The first kappa shape index (κ1) is 32.0. The van der Waals surface area contributed by atoms with Crippen LogP contribution in [0.5, 0.6) is 0 Å². The van der Waals surface area contributed by atoms with Gasteiger partial charge in [0.15, 0.2) is 0 Å². The van der Waals surface area contributed by atoms with E-state index in [4.69, 9.17) is 4.42 Å². The number of para-hydroxylation sites is 1. The summed E-state index contributed by atoms with van der Waals surface area (Å²) in [5.74, 6) is 0. The minimum Gasteiger partial charge on any atom is -0.456 e. The lowest BCUT2D eigenvalue weighted by Crippen LogP contribution is -2.17. The minimum absolute atomic E-state index is 0.147. The molecule has 0 fully saturated rings. The molecule has 262 valence electrons. The van der Waals surface area contributed by atoms with Crippen LogP contribution in [0, 0.1) is 6.92 Å². The highest BCUT2D eigenvalue weighted by atomic mass is 32.1. The van der Waals surface area contributed by atoms with E-state index in [0.29, 0.717) is 0 Å². The zero-order chi connectivity index (χ0) is 36.8. The highest BCUT2D eigenvalue weighted by Gasteiger charge is 2.36. The largest absolute Gasteiger partial charge is 0.456 e.